The maximum atomic E-state index is 11.6. The second kappa shape index (κ2) is 17.0. The molecule has 1 aliphatic rings. The molecule has 0 aliphatic carbocycles. The van der Waals surface area contributed by atoms with Gasteiger partial charge in [-0.2, -0.15) is 10.5 Å². The van der Waals surface area contributed by atoms with Gasteiger partial charge in [0.1, 0.15) is 51.9 Å². The van der Waals surface area contributed by atoms with E-state index >= 15 is 0 Å². The number of halogens is 4. The highest BCUT2D eigenvalue weighted by molar-refractivity contribution is 6.48. The lowest BCUT2D eigenvalue weighted by Gasteiger charge is -2.18. The number of rotatable bonds is 8. The van der Waals surface area contributed by atoms with Gasteiger partial charge < -0.3 is 28.0 Å². The van der Waals surface area contributed by atoms with E-state index in [4.69, 9.17) is 70.3 Å². The van der Waals surface area contributed by atoms with Gasteiger partial charge in [-0.25, -0.2) is 9.97 Å². The average molecular weight is 946 g/mol. The normalized spacial score (nSPS) is 13.0. The van der Waals surface area contributed by atoms with E-state index in [1.54, 1.807) is 54.6 Å². The van der Waals surface area contributed by atoms with Gasteiger partial charge in [0.25, 0.3) is 0 Å². The topological polar surface area (TPSA) is 157 Å². The van der Waals surface area contributed by atoms with Gasteiger partial charge in [-0.05, 0) is 66.9 Å². The predicted molar refractivity (Wildman–Crippen MR) is 259 cm³/mol. The first kappa shape index (κ1) is 42.7. The summed E-state index contributed by atoms with van der Waals surface area (Å²) in [6.45, 7) is 5.98. The van der Waals surface area contributed by atoms with Gasteiger partial charge in [-0.3, -0.25) is 9.97 Å². The molecule has 5 aromatic carbocycles. The van der Waals surface area contributed by atoms with Crippen LogP contribution in [0.2, 0.25) is 20.1 Å². The fourth-order valence-corrected chi connectivity index (χ4v) is 9.07. The Kier molecular flexibility index (Phi) is 11.0. The van der Waals surface area contributed by atoms with Crippen LogP contribution in [0.25, 0.3) is 55.2 Å². The second-order valence-corrected chi connectivity index (χ2v) is 17.3. The molecule has 0 unspecified atom stereocenters. The highest BCUT2D eigenvalue weighted by atomic mass is 35.5. The van der Waals surface area contributed by atoms with Crippen molar-refractivity contribution in [2.75, 3.05) is 0 Å². The van der Waals surface area contributed by atoms with Crippen LogP contribution in [0.3, 0.4) is 0 Å². The van der Waals surface area contributed by atoms with Crippen LogP contribution >= 0.6 is 46.4 Å². The monoisotopic (exact) mass is 944 g/mol. The van der Waals surface area contributed by atoms with Crippen molar-refractivity contribution in [3.63, 3.8) is 0 Å². The number of para-hydroxylation sites is 4. The molecule has 10 rings (SSSR count). The molecule has 0 saturated carbocycles. The van der Waals surface area contributed by atoms with E-state index in [1.165, 1.54) is 18.5 Å². The number of nitrogens with zero attached hydrogens (tertiary/aromatic N) is 8. The zero-order chi connectivity index (χ0) is 46.0. The Bertz CT molecular complexity index is 3710. The fraction of sp³-hybridized carbons (Fsp3) is 0.0833. The maximum Gasteiger partial charge on any atom is 0.743 e. The number of phenolic OH excluding ortho intramolecular Hbond substituents is 1. The Hall–Kier alpha value is -7.19. The lowest BCUT2D eigenvalue weighted by Crippen LogP contribution is -2.43. The summed E-state index contributed by atoms with van der Waals surface area (Å²) in [5, 5.41) is 36.9. The van der Waals surface area contributed by atoms with Crippen LogP contribution < -0.4 is 24.7 Å². The van der Waals surface area contributed by atoms with Crippen LogP contribution in [0.1, 0.15) is 42.4 Å². The van der Waals surface area contributed by atoms with E-state index in [0.29, 0.717) is 76.5 Å². The molecule has 0 radical (unpaired) electrons. The van der Waals surface area contributed by atoms with Crippen molar-refractivity contribution < 1.29 is 19.1 Å². The molecule has 4 aromatic heterocycles. The molecule has 18 heteroatoms. The number of benzene rings is 5. The van der Waals surface area contributed by atoms with E-state index in [0.717, 1.165) is 11.1 Å². The molecular weight excluding hydrogens is 916 g/mol. The van der Waals surface area contributed by atoms with Crippen LogP contribution in [0.4, 0.5) is 0 Å². The quantitative estimate of drug-likeness (QED) is 0.146. The van der Waals surface area contributed by atoms with Gasteiger partial charge in [0.15, 0.2) is 5.75 Å². The molecule has 0 fully saturated rings. The van der Waals surface area contributed by atoms with E-state index in [1.807, 2.05) is 66.1 Å². The maximum absolute atomic E-state index is 11.6. The molecule has 0 saturated heterocycles. The van der Waals surface area contributed by atoms with Crippen molar-refractivity contribution >= 4 is 105 Å². The van der Waals surface area contributed by atoms with Gasteiger partial charge in [0.05, 0.1) is 70.9 Å². The summed E-state index contributed by atoms with van der Waals surface area (Å²) >= 11 is 25.8. The molecular formula is C48H30B2Cl4N8O4. The third-order valence-corrected chi connectivity index (χ3v) is 12.8. The van der Waals surface area contributed by atoms with Crippen molar-refractivity contribution in [3.05, 3.63) is 163 Å². The molecule has 0 atom stereocenters. The first-order chi connectivity index (χ1) is 31.9. The van der Waals surface area contributed by atoms with Crippen LogP contribution in [0, 0.1) is 29.6 Å². The number of fused-ring (bicyclic) bond motifs is 4. The number of phenols is 1. The molecule has 5 heterocycles. The van der Waals surface area contributed by atoms with Gasteiger partial charge in [-0.15, -0.1) is 0 Å². The largest absolute Gasteiger partial charge is 0.743 e. The average Bonchev–Trinajstić information content (AvgIpc) is 3.98. The molecule has 0 amide bonds. The number of hydrogen-bond donors (Lipinski definition) is 1. The molecule has 0 bridgehead atoms. The molecule has 0 spiro atoms. The predicted octanol–water partition coefficient (Wildman–Crippen LogP) is 9.69. The van der Waals surface area contributed by atoms with Gasteiger partial charge >= 0.3 is 14.9 Å². The second-order valence-electron chi connectivity index (χ2n) is 15.7. The Labute approximate surface area is 397 Å². The van der Waals surface area contributed by atoms with Crippen LogP contribution in [0.5, 0.6) is 23.0 Å². The SMILES string of the molecule is Cc1ccccc1-c1c2/c(=C(\C#N)c3cnc4cc(Cl)c(Cl)cc4n3)n(BOc3ccccc3O)c(C(C)C)c2/c(=C(\C#N)c2cnc3cc(Cl)c(Cl)cc3n2)n1B1Oc2ccccc2O1. The van der Waals surface area contributed by atoms with Gasteiger partial charge in [0, 0.05) is 22.0 Å². The Balaban J connectivity index is 1.45. The van der Waals surface area contributed by atoms with Gasteiger partial charge in [0.2, 0.25) is 0 Å². The molecule has 320 valence electrons. The summed E-state index contributed by atoms with van der Waals surface area (Å²) in [5.74, 6) is 0.776. The molecule has 9 aromatic rings. The van der Waals surface area contributed by atoms with E-state index in [9.17, 15) is 15.6 Å². The number of aromatic nitrogens is 6. The molecule has 12 nitrogen and oxygen atoms in total. The minimum atomic E-state index is -1.18. The summed E-state index contributed by atoms with van der Waals surface area (Å²) in [5.41, 5.74) is 5.18. The van der Waals surface area contributed by atoms with Gasteiger partial charge in [-0.1, -0.05) is 109 Å². The van der Waals surface area contributed by atoms with Crippen LogP contribution in [-0.2, 0) is 0 Å². The first-order valence-corrected chi connectivity index (χ1v) is 22.0. The minimum absolute atomic E-state index is 0.0812. The summed E-state index contributed by atoms with van der Waals surface area (Å²) in [6.07, 6.45) is 3.02. The molecule has 1 aliphatic heterocycles. The van der Waals surface area contributed by atoms with Crippen molar-refractivity contribution in [1.29, 1.82) is 10.5 Å². The lowest BCUT2D eigenvalue weighted by atomic mass is 9.99. The number of nitriles is 2. The Morgan fingerprint density at radius 3 is 1.77 bits per heavy atom. The zero-order valence-corrected chi connectivity index (χ0v) is 38.0. The Morgan fingerprint density at radius 1 is 0.712 bits per heavy atom. The highest BCUT2D eigenvalue weighted by Gasteiger charge is 2.42. The van der Waals surface area contributed by atoms with Crippen LogP contribution in [-0.4, -0.2) is 48.9 Å². The summed E-state index contributed by atoms with van der Waals surface area (Å²) in [4.78, 5) is 19.3. The van der Waals surface area contributed by atoms with Crippen molar-refractivity contribution in [2.45, 2.75) is 26.7 Å². The molecule has 66 heavy (non-hydrogen) atoms. The van der Waals surface area contributed by atoms with Crippen molar-refractivity contribution in [2.24, 2.45) is 0 Å². The Morgan fingerprint density at radius 2 is 1.23 bits per heavy atom. The van der Waals surface area contributed by atoms with E-state index < -0.39 is 7.25 Å². The summed E-state index contributed by atoms with van der Waals surface area (Å²) in [6, 6.07) is 33.1. The number of aryl methyl sites for hydroxylation is 1. The smallest absolute Gasteiger partial charge is 0.541 e. The first-order valence-electron chi connectivity index (χ1n) is 20.4. The van der Waals surface area contributed by atoms with Crippen molar-refractivity contribution in [1.82, 2.24) is 28.9 Å². The molecule has 1 N–H and O–H groups in total. The third-order valence-electron chi connectivity index (χ3n) is 11.3. The zero-order valence-electron chi connectivity index (χ0n) is 35.0. The highest BCUT2D eigenvalue weighted by Crippen LogP contribution is 2.39. The van der Waals surface area contributed by atoms with E-state index in [-0.39, 0.29) is 57.6 Å². The number of hydrogen-bond acceptors (Lipinski definition) is 10. The summed E-state index contributed by atoms with van der Waals surface area (Å²) in [7, 11) is -1.38. The van der Waals surface area contributed by atoms with Crippen molar-refractivity contribution in [3.8, 4) is 46.4 Å². The lowest BCUT2D eigenvalue weighted by molar-refractivity contribution is 0.441. The van der Waals surface area contributed by atoms with E-state index in [2.05, 4.69) is 22.1 Å². The number of aromatic hydroxyl groups is 1. The minimum Gasteiger partial charge on any atom is -0.541 e. The summed E-state index contributed by atoms with van der Waals surface area (Å²) < 4.78 is 23.5. The standard InChI is InChI=1S/C48H30B2Cl4N8O4/c1-24(2)45-43-44(46(61(45)49-64-40-13-7-6-12-39(40)63)27(20-55)37-22-57-33-16-29(51)31(53)18-35(33)59-37)47(26-11-5-4-10-25(26)3)62(50-65-41-14-8-9-15-42(41)66-50)48(43)28(21-56)38-23-58-34-17-30(52)32(54)19-36(34)60-38/h4-19,22-24,49,63H,1-3H3/b46-27-,48-28-. The fourth-order valence-electron chi connectivity index (χ4n) is 8.44. The third kappa shape index (κ3) is 7.20. The van der Waals surface area contributed by atoms with Crippen LogP contribution in [0.15, 0.2) is 109 Å².